The Morgan fingerprint density at radius 2 is 1.15 bits per heavy atom. The highest BCUT2D eigenvalue weighted by atomic mass is 16.7. The van der Waals surface area contributed by atoms with Gasteiger partial charge in [0.25, 0.3) is 0 Å². The van der Waals surface area contributed by atoms with Crippen LogP contribution in [0.5, 0.6) is 0 Å². The Morgan fingerprint density at radius 1 is 0.585 bits per heavy atom. The first-order chi connectivity index (χ1) is 30.9. The van der Waals surface area contributed by atoms with Crippen molar-refractivity contribution in [2.24, 2.45) is 17.8 Å². The Bertz CT molecular complexity index is 1650. The number of ether oxygens (including phenoxy) is 8. The van der Waals surface area contributed by atoms with Crippen LogP contribution in [0.1, 0.15) is 83.5 Å². The zero-order chi connectivity index (χ0) is 47.1. The molecule has 0 bridgehead atoms. The number of hydrogen-bond donors (Lipinski definition) is 10. The van der Waals surface area contributed by atoms with Gasteiger partial charge in [-0.3, -0.25) is 19.2 Å². The zero-order valence-electron chi connectivity index (χ0n) is 35.6. The van der Waals surface area contributed by atoms with E-state index in [1.807, 2.05) is 0 Å². The molecule has 3 saturated heterocycles. The van der Waals surface area contributed by atoms with Crippen molar-refractivity contribution in [3.8, 4) is 0 Å². The maximum absolute atomic E-state index is 12.6. The second kappa shape index (κ2) is 23.0. The van der Waals surface area contributed by atoms with Crippen LogP contribution in [0.25, 0.3) is 0 Å². The summed E-state index contributed by atoms with van der Waals surface area (Å²) in [7, 11) is 0. The molecule has 65 heavy (non-hydrogen) atoms. The van der Waals surface area contributed by atoms with Crippen molar-refractivity contribution in [2.75, 3.05) is 13.2 Å². The minimum absolute atomic E-state index is 0.0558. The molecule has 0 amide bonds. The number of aliphatic hydroxyl groups excluding tert-OH is 8. The average Bonchev–Trinajstić information content (AvgIpc) is 3.25. The van der Waals surface area contributed by atoms with Gasteiger partial charge in [0.15, 0.2) is 30.9 Å². The molecule has 16 atom stereocenters. The van der Waals surface area contributed by atoms with E-state index in [4.69, 9.17) is 48.1 Å². The van der Waals surface area contributed by atoms with Crippen LogP contribution in [-0.4, -0.2) is 203 Å². The fourth-order valence-electron chi connectivity index (χ4n) is 9.80. The predicted octanol–water partition coefficient (Wildman–Crippen LogP) is -2.94. The van der Waals surface area contributed by atoms with Crippen LogP contribution in [0.3, 0.4) is 0 Å². The third-order valence-electron chi connectivity index (χ3n) is 13.3. The minimum atomic E-state index is -2.01. The molecule has 3 aliphatic carbocycles. The van der Waals surface area contributed by atoms with Crippen molar-refractivity contribution in [1.29, 1.82) is 0 Å². The lowest BCUT2D eigenvalue weighted by Gasteiger charge is -2.50. The third kappa shape index (κ3) is 13.6. The molecule has 0 aromatic carbocycles. The highest BCUT2D eigenvalue weighted by Gasteiger charge is 2.57. The normalized spacial score (nSPS) is 42.3. The van der Waals surface area contributed by atoms with Crippen LogP contribution in [0.15, 0.2) is 12.2 Å². The molecule has 6 fully saturated rings. The highest BCUT2D eigenvalue weighted by Crippen LogP contribution is 2.44. The van der Waals surface area contributed by atoms with Crippen LogP contribution >= 0.6 is 0 Å². The molecule has 0 spiro atoms. The van der Waals surface area contributed by atoms with Crippen molar-refractivity contribution in [2.45, 2.75) is 188 Å². The van der Waals surface area contributed by atoms with Crippen molar-refractivity contribution in [3.63, 3.8) is 0 Å². The lowest BCUT2D eigenvalue weighted by atomic mass is 9.73. The number of esters is 3. The van der Waals surface area contributed by atoms with E-state index in [2.05, 4.69) is 0 Å². The SMILES string of the molecule is O=C(O)CC(=O)OC[C@@H]1O[C@H](OC2CC(O)CC3[OH+]C(C4CCC(O)CC4)C(O[C@H]4O[C@@H](COC(=O)C=CC5CCC(O)CC5)[C@H](O)[C@H](O)[C@@H]4O)CC23)[C@@H](O)[C@H](O)[C@H]1OC(=O)CC(=O)O. The number of fused-ring (bicyclic) bond motifs is 1. The molecule has 3 aliphatic heterocycles. The summed E-state index contributed by atoms with van der Waals surface area (Å²) in [6, 6.07) is 0. The number of aliphatic carboxylic acids is 2. The highest BCUT2D eigenvalue weighted by molar-refractivity contribution is 5.90. The molecule has 0 radical (unpaired) electrons. The molecule has 23 nitrogen and oxygen atoms in total. The summed E-state index contributed by atoms with van der Waals surface area (Å²) in [6.45, 7) is -1.33. The smallest absolute Gasteiger partial charge is 0.330 e. The van der Waals surface area contributed by atoms with Crippen molar-refractivity contribution >= 4 is 29.8 Å². The summed E-state index contributed by atoms with van der Waals surface area (Å²) in [5.74, 6) is -7.05. The van der Waals surface area contributed by atoms with Crippen LogP contribution in [-0.2, 0) is 57.1 Å². The fraction of sp³-hybridized carbons (Fsp3) is 0.833. The van der Waals surface area contributed by atoms with Crippen LogP contribution in [0.2, 0.25) is 0 Å². The van der Waals surface area contributed by atoms with E-state index in [1.54, 1.807) is 6.08 Å². The Balaban J connectivity index is 1.18. The maximum atomic E-state index is 12.6. The number of carboxylic acids is 2. The van der Waals surface area contributed by atoms with E-state index in [0.717, 1.165) is 0 Å². The number of carbonyl (C=O) groups is 5. The fourth-order valence-corrected chi connectivity index (χ4v) is 9.80. The molecule has 23 heteroatoms. The molecule has 3 saturated carbocycles. The quantitative estimate of drug-likeness (QED) is 0.0243. The molecule has 0 aromatic rings. The minimum Gasteiger partial charge on any atom is -0.481 e. The van der Waals surface area contributed by atoms with Gasteiger partial charge in [-0.05, 0) is 63.7 Å². The molecule has 6 unspecified atom stereocenters. The van der Waals surface area contributed by atoms with Gasteiger partial charge in [-0.15, -0.1) is 0 Å². The van der Waals surface area contributed by atoms with Gasteiger partial charge >= 0.3 is 29.8 Å². The molecular formula is C42H63O23+. The number of aliphatic hydroxyl groups is 10. The predicted molar refractivity (Wildman–Crippen MR) is 212 cm³/mol. The van der Waals surface area contributed by atoms with E-state index in [1.165, 1.54) is 6.08 Å². The monoisotopic (exact) mass is 935 g/mol. The molecule has 368 valence electrons. The van der Waals surface area contributed by atoms with E-state index < -0.39 is 160 Å². The van der Waals surface area contributed by atoms with Crippen molar-refractivity contribution in [1.82, 2.24) is 0 Å². The number of allylic oxidation sites excluding steroid dienone is 1. The van der Waals surface area contributed by atoms with Crippen LogP contribution in [0, 0.1) is 17.8 Å². The summed E-state index contributed by atoms with van der Waals surface area (Å²) in [6.07, 6.45) is -16.6. The summed E-state index contributed by atoms with van der Waals surface area (Å²) in [5.41, 5.74) is 0. The van der Waals surface area contributed by atoms with E-state index >= 15 is 0 Å². The van der Waals surface area contributed by atoms with E-state index in [9.17, 15) is 64.8 Å². The zero-order valence-corrected chi connectivity index (χ0v) is 35.6. The number of carboxylic acid groups (broad SMARTS) is 2. The number of hydrogen-bond acceptors (Lipinski definition) is 20. The number of rotatable bonds is 16. The first-order valence-electron chi connectivity index (χ1n) is 22.3. The second-order valence-corrected chi connectivity index (χ2v) is 18.0. The van der Waals surface area contributed by atoms with Crippen LogP contribution in [0.4, 0.5) is 0 Å². The molecule has 0 aromatic heterocycles. The maximum Gasteiger partial charge on any atom is 0.330 e. The van der Waals surface area contributed by atoms with Crippen molar-refractivity contribution in [3.05, 3.63) is 12.2 Å². The molecular weight excluding hydrogens is 872 g/mol. The summed E-state index contributed by atoms with van der Waals surface area (Å²) in [4.78, 5) is 59.3. The van der Waals surface area contributed by atoms with Gasteiger partial charge in [-0.25, -0.2) is 4.79 Å². The Labute approximate surface area is 373 Å². The number of carbonyl (C=O) groups excluding carboxylic acids is 3. The third-order valence-corrected chi connectivity index (χ3v) is 13.3. The average molecular weight is 936 g/mol. The molecule has 3 heterocycles. The van der Waals surface area contributed by atoms with Gasteiger partial charge in [-0.1, -0.05) is 6.08 Å². The van der Waals surface area contributed by atoms with Gasteiger partial charge in [0.05, 0.1) is 30.3 Å². The lowest BCUT2D eigenvalue weighted by molar-refractivity contribution is -0.366. The standard InChI is InChI=1S/C42H62O23/c43-20-6-1-18(2-7-20)3-10-31(50)58-16-27-34(53)35(54)37(56)41(63-27)62-26-13-23-24(60-39(26)19-4-8-21(44)9-5-19)11-22(45)12-25(23)61-42-38(57)36(55)40(65-33(52)15-30(48)49)28(64-42)17-59-32(51)14-29(46)47/h3,10,18-28,34-45,53-57H,1-2,4-9,11-17H2,(H,46,47)(H,48,49)/p+1/t18?,19?,20?,21?,22?,23?,24?,25?,26?,27-,28-,34-,35-,36-,37-,38-,39?,40-,41-,42-/m0/s1. The van der Waals surface area contributed by atoms with Gasteiger partial charge < -0.3 is 89.0 Å². The van der Waals surface area contributed by atoms with Gasteiger partial charge in [0.2, 0.25) is 0 Å². The van der Waals surface area contributed by atoms with Crippen LogP contribution < -0.4 is 0 Å². The second-order valence-electron chi connectivity index (χ2n) is 18.0. The Hall–Kier alpha value is -3.43. The van der Waals surface area contributed by atoms with Gasteiger partial charge in [0.1, 0.15) is 74.9 Å². The van der Waals surface area contributed by atoms with Crippen molar-refractivity contribution < 1.29 is 113 Å². The molecule has 6 rings (SSSR count). The lowest BCUT2D eigenvalue weighted by Crippen LogP contribution is -2.64. The van der Waals surface area contributed by atoms with E-state index in [-0.39, 0.29) is 37.2 Å². The molecule has 11 N–H and O–H groups in total. The van der Waals surface area contributed by atoms with Gasteiger partial charge in [-0.2, -0.15) is 0 Å². The van der Waals surface area contributed by atoms with Gasteiger partial charge in [0, 0.05) is 24.8 Å². The first kappa shape index (κ1) is 51.0. The Morgan fingerprint density at radius 3 is 1.80 bits per heavy atom. The Kier molecular flexibility index (Phi) is 18.1. The summed E-state index contributed by atoms with van der Waals surface area (Å²) < 4.78 is 45.1. The van der Waals surface area contributed by atoms with E-state index in [0.29, 0.717) is 51.4 Å². The summed E-state index contributed by atoms with van der Waals surface area (Å²) >= 11 is 0. The molecule has 6 aliphatic rings. The largest absolute Gasteiger partial charge is 0.481 e. The first-order valence-corrected chi connectivity index (χ1v) is 22.3. The topological polar surface area (TPSA) is 365 Å². The summed E-state index contributed by atoms with van der Waals surface area (Å²) in [5, 5.41) is 105.